The van der Waals surface area contributed by atoms with Crippen molar-refractivity contribution in [1.82, 2.24) is 4.98 Å². The fourth-order valence-electron chi connectivity index (χ4n) is 4.15. The molecule has 0 spiro atoms. The van der Waals surface area contributed by atoms with Crippen molar-refractivity contribution in [2.75, 3.05) is 18.0 Å². The van der Waals surface area contributed by atoms with Crippen LogP contribution in [0.2, 0.25) is 0 Å². The molecule has 1 saturated heterocycles. The minimum atomic E-state index is -0.537. The summed E-state index contributed by atoms with van der Waals surface area (Å²) in [5.41, 5.74) is 5.08. The molecule has 0 bridgehead atoms. The highest BCUT2D eigenvalue weighted by molar-refractivity contribution is 5.94. The SMILES string of the molecule is C.C=O.CC=O.CCc1ccc2c(N3CCC(C)CC3)c(Cc3cc(F)cc(F)c3)cnc2c1. The van der Waals surface area contributed by atoms with Crippen molar-refractivity contribution in [2.24, 2.45) is 5.92 Å². The van der Waals surface area contributed by atoms with Crippen LogP contribution in [0.15, 0.2) is 42.6 Å². The molecule has 0 saturated carbocycles. The lowest BCUT2D eigenvalue weighted by molar-refractivity contribution is -0.106. The maximum Gasteiger partial charge on any atom is 0.126 e. The molecule has 2 aromatic carbocycles. The number of anilines is 1. The van der Waals surface area contributed by atoms with Gasteiger partial charge in [0, 0.05) is 37.2 Å². The number of nitrogens with zero attached hydrogens (tertiary/aromatic N) is 2. The maximum atomic E-state index is 13.7. The lowest BCUT2D eigenvalue weighted by Gasteiger charge is -2.34. The van der Waals surface area contributed by atoms with Crippen LogP contribution < -0.4 is 4.90 Å². The van der Waals surface area contributed by atoms with Gasteiger partial charge in [0.15, 0.2) is 0 Å². The number of hydrogen-bond donors (Lipinski definition) is 0. The molecule has 1 aromatic heterocycles. The van der Waals surface area contributed by atoms with Crippen molar-refractivity contribution in [3.63, 3.8) is 0 Å². The van der Waals surface area contributed by atoms with Gasteiger partial charge in [0.2, 0.25) is 0 Å². The number of benzene rings is 2. The van der Waals surface area contributed by atoms with Gasteiger partial charge < -0.3 is 14.5 Å². The molecule has 1 aliphatic heterocycles. The summed E-state index contributed by atoms with van der Waals surface area (Å²) in [4.78, 5) is 23.9. The van der Waals surface area contributed by atoms with Gasteiger partial charge in [-0.05, 0) is 67.0 Å². The van der Waals surface area contributed by atoms with Crippen LogP contribution in [0.25, 0.3) is 10.9 Å². The fraction of sp³-hybridized carbons (Fsp3) is 0.393. The molecule has 0 amide bonds. The van der Waals surface area contributed by atoms with E-state index in [-0.39, 0.29) is 7.43 Å². The molecule has 4 rings (SSSR count). The van der Waals surface area contributed by atoms with Crippen molar-refractivity contribution in [1.29, 1.82) is 0 Å². The first-order valence-corrected chi connectivity index (χ1v) is 11.2. The van der Waals surface area contributed by atoms with Gasteiger partial charge in [-0.1, -0.05) is 33.4 Å². The summed E-state index contributed by atoms with van der Waals surface area (Å²) in [7, 11) is 0. The van der Waals surface area contributed by atoms with Gasteiger partial charge in [0.25, 0.3) is 0 Å². The van der Waals surface area contributed by atoms with Gasteiger partial charge in [-0.25, -0.2) is 8.78 Å². The lowest BCUT2D eigenvalue weighted by Crippen LogP contribution is -2.33. The predicted molar refractivity (Wildman–Crippen MR) is 136 cm³/mol. The second kappa shape index (κ2) is 14.2. The number of carbonyl (C=O) groups is 2. The molecule has 4 nitrogen and oxygen atoms in total. The largest absolute Gasteiger partial charge is 0.371 e. The van der Waals surface area contributed by atoms with E-state index in [0.29, 0.717) is 12.0 Å². The van der Waals surface area contributed by atoms with E-state index in [1.165, 1.54) is 30.3 Å². The normalized spacial score (nSPS) is 13.1. The molecule has 184 valence electrons. The Morgan fingerprint density at radius 1 is 1.06 bits per heavy atom. The smallest absolute Gasteiger partial charge is 0.126 e. The highest BCUT2D eigenvalue weighted by atomic mass is 19.1. The number of fused-ring (bicyclic) bond motifs is 1. The molecule has 0 unspecified atom stereocenters. The summed E-state index contributed by atoms with van der Waals surface area (Å²) in [5.74, 6) is -0.342. The summed E-state index contributed by atoms with van der Waals surface area (Å²) >= 11 is 0. The summed E-state index contributed by atoms with van der Waals surface area (Å²) < 4.78 is 27.4. The van der Waals surface area contributed by atoms with E-state index in [0.717, 1.165) is 67.1 Å². The molecule has 0 aliphatic carbocycles. The average Bonchev–Trinajstić information content (AvgIpc) is 2.80. The van der Waals surface area contributed by atoms with Crippen LogP contribution in [0.3, 0.4) is 0 Å². The van der Waals surface area contributed by atoms with Crippen LogP contribution in [-0.2, 0) is 22.4 Å². The summed E-state index contributed by atoms with van der Waals surface area (Å²) in [6.45, 7) is 9.88. The molecule has 1 aliphatic rings. The van der Waals surface area contributed by atoms with E-state index < -0.39 is 11.6 Å². The summed E-state index contributed by atoms with van der Waals surface area (Å²) in [6.07, 6.45) is 6.39. The number of piperidine rings is 1. The number of aldehydes is 1. The molecule has 1 fully saturated rings. The zero-order valence-electron chi connectivity index (χ0n) is 19.6. The van der Waals surface area contributed by atoms with Crippen LogP contribution in [0, 0.1) is 17.6 Å². The minimum Gasteiger partial charge on any atom is -0.371 e. The minimum absolute atomic E-state index is 0. The second-order valence-electron chi connectivity index (χ2n) is 8.20. The molecule has 2 heterocycles. The van der Waals surface area contributed by atoms with Crippen molar-refractivity contribution in [2.45, 2.75) is 53.9 Å². The zero-order chi connectivity index (χ0) is 24.4. The fourth-order valence-corrected chi connectivity index (χ4v) is 4.15. The molecular formula is C28H36F2N2O2. The summed E-state index contributed by atoms with van der Waals surface area (Å²) in [6, 6.07) is 10.2. The Labute approximate surface area is 202 Å². The van der Waals surface area contributed by atoms with Crippen LogP contribution >= 0.6 is 0 Å². The average molecular weight is 471 g/mol. The number of hydrogen-bond acceptors (Lipinski definition) is 4. The van der Waals surface area contributed by atoms with Crippen LogP contribution in [0.5, 0.6) is 0 Å². The molecule has 3 aromatic rings. The Morgan fingerprint density at radius 3 is 2.21 bits per heavy atom. The van der Waals surface area contributed by atoms with Crippen LogP contribution in [-0.4, -0.2) is 31.1 Å². The van der Waals surface area contributed by atoms with Gasteiger partial charge >= 0.3 is 0 Å². The third-order valence-electron chi connectivity index (χ3n) is 5.81. The molecule has 0 atom stereocenters. The number of aryl methyl sites for hydroxylation is 1. The first-order valence-electron chi connectivity index (χ1n) is 11.2. The standard InChI is InChI=1S/C24H26F2N2.C2H4O.CH2O.CH4/c1-3-17-4-5-22-23(13-17)27-15-19(10-18-11-20(25)14-21(26)12-18)24(22)28-8-6-16(2)7-9-28;1-2-3;1-2;/h4-5,11-16H,3,6-10H2,1-2H3;2H,1H3;1H2;1H4. The highest BCUT2D eigenvalue weighted by Gasteiger charge is 2.21. The van der Waals surface area contributed by atoms with E-state index >= 15 is 0 Å². The first-order chi connectivity index (χ1) is 15.9. The van der Waals surface area contributed by atoms with E-state index in [1.807, 2.05) is 13.0 Å². The molecule has 6 heteroatoms. The third kappa shape index (κ3) is 7.44. The number of aromatic nitrogens is 1. The monoisotopic (exact) mass is 470 g/mol. The molecular weight excluding hydrogens is 434 g/mol. The van der Waals surface area contributed by atoms with E-state index in [9.17, 15) is 8.78 Å². The van der Waals surface area contributed by atoms with Crippen molar-refractivity contribution in [3.05, 3.63) is 70.9 Å². The predicted octanol–water partition coefficient (Wildman–Crippen LogP) is 6.56. The Hall–Kier alpha value is -3.15. The molecule has 34 heavy (non-hydrogen) atoms. The van der Waals surface area contributed by atoms with Gasteiger partial charge in [-0.15, -0.1) is 0 Å². The molecule has 0 N–H and O–H groups in total. The molecule has 0 radical (unpaired) electrons. The Kier molecular flexibility index (Phi) is 12.1. The highest BCUT2D eigenvalue weighted by Crippen LogP contribution is 2.34. The van der Waals surface area contributed by atoms with E-state index in [2.05, 4.69) is 41.9 Å². The van der Waals surface area contributed by atoms with Crippen molar-refractivity contribution >= 4 is 29.7 Å². The zero-order valence-corrected chi connectivity index (χ0v) is 19.6. The third-order valence-corrected chi connectivity index (χ3v) is 5.81. The first kappa shape index (κ1) is 28.9. The van der Waals surface area contributed by atoms with E-state index in [1.54, 1.807) is 0 Å². The Balaban J connectivity index is 0.000000895. The lowest BCUT2D eigenvalue weighted by atomic mass is 9.95. The topological polar surface area (TPSA) is 50.3 Å². The van der Waals surface area contributed by atoms with Gasteiger partial charge in [-0.3, -0.25) is 4.98 Å². The van der Waals surface area contributed by atoms with Crippen molar-refractivity contribution in [3.8, 4) is 0 Å². The van der Waals surface area contributed by atoms with E-state index in [4.69, 9.17) is 9.59 Å². The van der Waals surface area contributed by atoms with Gasteiger partial charge in [0.1, 0.15) is 24.7 Å². The Morgan fingerprint density at radius 2 is 1.65 bits per heavy atom. The number of rotatable bonds is 4. The summed E-state index contributed by atoms with van der Waals surface area (Å²) in [5, 5.41) is 1.13. The quantitative estimate of drug-likeness (QED) is 0.405. The Bertz CT molecular complexity index is 1040. The number of carbonyl (C=O) groups excluding carboxylic acids is 2. The number of pyridine rings is 1. The van der Waals surface area contributed by atoms with Crippen LogP contribution in [0.4, 0.5) is 14.5 Å². The van der Waals surface area contributed by atoms with Gasteiger partial charge in [0.05, 0.1) is 11.2 Å². The van der Waals surface area contributed by atoms with Gasteiger partial charge in [-0.2, -0.15) is 0 Å². The van der Waals surface area contributed by atoms with Crippen LogP contribution in [0.1, 0.15) is 57.7 Å². The second-order valence-corrected chi connectivity index (χ2v) is 8.20. The maximum absolute atomic E-state index is 13.7. The van der Waals surface area contributed by atoms with Crippen molar-refractivity contribution < 1.29 is 18.4 Å². The number of halogens is 2.